The smallest absolute Gasteiger partial charge is 0.235 e. The molecule has 3 aromatic heterocycles. The van der Waals surface area contributed by atoms with Crippen LogP contribution in [0.25, 0.3) is 22.2 Å². The van der Waals surface area contributed by atoms with Crippen molar-refractivity contribution in [3.05, 3.63) is 54.7 Å². The first-order chi connectivity index (χ1) is 12.1. The second-order valence-electron chi connectivity index (χ2n) is 6.23. The maximum atomic E-state index is 10.4. The van der Waals surface area contributed by atoms with Gasteiger partial charge in [0.25, 0.3) is 0 Å². The van der Waals surface area contributed by atoms with Gasteiger partial charge in [-0.1, -0.05) is 6.07 Å². The maximum absolute atomic E-state index is 10.4. The number of aromatic hydroxyl groups is 2. The summed E-state index contributed by atoms with van der Waals surface area (Å²) >= 11 is 0. The van der Waals surface area contributed by atoms with Gasteiger partial charge in [0.2, 0.25) is 5.88 Å². The number of aryl methyl sites for hydroxylation is 1. The predicted molar refractivity (Wildman–Crippen MR) is 96.6 cm³/mol. The molecule has 3 N–H and O–H groups in total. The first-order valence-corrected chi connectivity index (χ1v) is 8.29. The lowest BCUT2D eigenvalue weighted by Crippen LogP contribution is -2.04. The number of nitrogens with one attached hydrogen (secondary N) is 1. The fourth-order valence-electron chi connectivity index (χ4n) is 3.34. The number of fused-ring (bicyclic) bond motifs is 1. The van der Waals surface area contributed by atoms with Crippen LogP contribution in [-0.4, -0.2) is 29.3 Å². The molecule has 4 rings (SSSR count). The average Bonchev–Trinajstić information content (AvgIpc) is 3.33. The molecule has 0 spiro atoms. The number of aromatic nitrogens is 4. The van der Waals surface area contributed by atoms with E-state index in [1.54, 1.807) is 17.1 Å². The maximum Gasteiger partial charge on any atom is 0.235 e. The third-order valence-electron chi connectivity index (χ3n) is 4.63. The third kappa shape index (κ3) is 2.65. The summed E-state index contributed by atoms with van der Waals surface area (Å²) in [5, 5.41) is 21.7. The van der Waals surface area contributed by atoms with Gasteiger partial charge in [0.1, 0.15) is 0 Å². The van der Waals surface area contributed by atoms with Gasteiger partial charge in [-0.15, -0.1) is 0 Å². The second kappa shape index (κ2) is 6.05. The Kier molecular flexibility index (Phi) is 3.72. The zero-order valence-electron chi connectivity index (χ0n) is 14.0. The highest BCUT2D eigenvalue weighted by Gasteiger charge is 2.20. The Labute approximate surface area is 145 Å². The molecule has 4 aromatic rings. The number of nitrogens with zero attached hydrogens (tertiary/aromatic N) is 3. The zero-order chi connectivity index (χ0) is 17.4. The SMILES string of the molecule is Cc1c(O)c(O)n(CCCn2ccnc2)c1-c1ccc2[nH]ccc2c1. The molecule has 0 saturated carbocycles. The van der Waals surface area contributed by atoms with Crippen molar-refractivity contribution in [2.24, 2.45) is 0 Å². The van der Waals surface area contributed by atoms with Crippen molar-refractivity contribution < 1.29 is 10.2 Å². The lowest BCUT2D eigenvalue weighted by atomic mass is 10.1. The first kappa shape index (κ1) is 15.4. The van der Waals surface area contributed by atoms with Crippen LogP contribution in [0.5, 0.6) is 11.6 Å². The number of H-pyrrole nitrogens is 1. The molecule has 0 atom stereocenters. The number of rotatable bonds is 5. The van der Waals surface area contributed by atoms with E-state index in [-0.39, 0.29) is 11.6 Å². The van der Waals surface area contributed by atoms with Crippen LogP contribution in [0, 0.1) is 6.92 Å². The van der Waals surface area contributed by atoms with Crippen LogP contribution < -0.4 is 0 Å². The molecule has 0 aliphatic heterocycles. The minimum absolute atomic E-state index is 0.0493. The van der Waals surface area contributed by atoms with Gasteiger partial charge in [-0.3, -0.25) is 0 Å². The second-order valence-corrected chi connectivity index (χ2v) is 6.23. The Morgan fingerprint density at radius 2 is 2.04 bits per heavy atom. The summed E-state index contributed by atoms with van der Waals surface area (Å²) in [5.41, 5.74) is 3.58. The zero-order valence-corrected chi connectivity index (χ0v) is 14.0. The van der Waals surface area contributed by atoms with Crippen molar-refractivity contribution >= 4 is 10.9 Å². The van der Waals surface area contributed by atoms with Crippen molar-refractivity contribution in [2.75, 3.05) is 0 Å². The van der Waals surface area contributed by atoms with E-state index in [9.17, 15) is 10.2 Å². The minimum Gasteiger partial charge on any atom is -0.503 e. The Bertz CT molecular complexity index is 1010. The van der Waals surface area contributed by atoms with Crippen molar-refractivity contribution in [3.8, 4) is 22.9 Å². The van der Waals surface area contributed by atoms with Gasteiger partial charge in [0, 0.05) is 48.1 Å². The average molecular weight is 336 g/mol. The van der Waals surface area contributed by atoms with Crippen LogP contribution >= 0.6 is 0 Å². The van der Waals surface area contributed by atoms with Gasteiger partial charge in [-0.2, -0.15) is 0 Å². The summed E-state index contributed by atoms with van der Waals surface area (Å²) < 4.78 is 3.79. The van der Waals surface area contributed by atoms with Crippen LogP contribution in [-0.2, 0) is 13.1 Å². The Morgan fingerprint density at radius 1 is 1.16 bits per heavy atom. The number of hydrogen-bond acceptors (Lipinski definition) is 3. The molecule has 0 amide bonds. The summed E-state index contributed by atoms with van der Waals surface area (Å²) in [6, 6.07) is 8.10. The predicted octanol–water partition coefficient (Wildman–Crippen LogP) is 3.64. The van der Waals surface area contributed by atoms with E-state index in [4.69, 9.17) is 0 Å². The van der Waals surface area contributed by atoms with E-state index in [2.05, 4.69) is 16.0 Å². The van der Waals surface area contributed by atoms with Crippen molar-refractivity contribution in [3.63, 3.8) is 0 Å². The van der Waals surface area contributed by atoms with Gasteiger partial charge >= 0.3 is 0 Å². The molecule has 0 aliphatic carbocycles. The molecular weight excluding hydrogens is 316 g/mol. The number of aromatic amines is 1. The van der Waals surface area contributed by atoms with E-state index in [0.717, 1.165) is 35.1 Å². The number of hydrogen-bond donors (Lipinski definition) is 3. The largest absolute Gasteiger partial charge is 0.503 e. The molecule has 3 heterocycles. The normalized spacial score (nSPS) is 11.4. The third-order valence-corrected chi connectivity index (χ3v) is 4.63. The summed E-state index contributed by atoms with van der Waals surface area (Å²) in [7, 11) is 0. The lowest BCUT2D eigenvalue weighted by Gasteiger charge is -2.12. The van der Waals surface area contributed by atoms with Crippen LogP contribution in [0.1, 0.15) is 12.0 Å². The van der Waals surface area contributed by atoms with Gasteiger partial charge in [-0.05, 0) is 37.1 Å². The molecular formula is C19H20N4O2. The highest BCUT2D eigenvalue weighted by Crippen LogP contribution is 2.40. The molecule has 0 bridgehead atoms. The summed E-state index contributed by atoms with van der Waals surface area (Å²) in [5.74, 6) is -0.126. The fourth-order valence-corrected chi connectivity index (χ4v) is 3.34. The standard InChI is InChI=1S/C19H20N4O2/c1-13-17(15-3-4-16-14(11-15)5-6-21-16)23(19(25)18(13)24)9-2-8-22-10-7-20-12-22/h3-7,10-12,21,24-25H,2,8-9H2,1H3. The van der Waals surface area contributed by atoms with Gasteiger partial charge < -0.3 is 24.3 Å². The van der Waals surface area contributed by atoms with Crippen molar-refractivity contribution in [2.45, 2.75) is 26.4 Å². The molecule has 6 heteroatoms. The molecule has 0 fully saturated rings. The molecule has 128 valence electrons. The van der Waals surface area contributed by atoms with E-state index in [1.807, 2.05) is 42.1 Å². The lowest BCUT2D eigenvalue weighted by molar-refractivity contribution is 0.367. The van der Waals surface area contributed by atoms with Crippen LogP contribution in [0.3, 0.4) is 0 Å². The van der Waals surface area contributed by atoms with Crippen molar-refractivity contribution in [1.82, 2.24) is 19.1 Å². The molecule has 25 heavy (non-hydrogen) atoms. The molecule has 0 unspecified atom stereocenters. The van der Waals surface area contributed by atoms with E-state index >= 15 is 0 Å². The van der Waals surface area contributed by atoms with Crippen LogP contribution in [0.2, 0.25) is 0 Å². The molecule has 0 saturated heterocycles. The Morgan fingerprint density at radius 3 is 2.84 bits per heavy atom. The molecule has 6 nitrogen and oxygen atoms in total. The Hall–Kier alpha value is -3.15. The molecule has 0 radical (unpaired) electrons. The molecule has 0 aliphatic rings. The topological polar surface area (TPSA) is 79.0 Å². The fraction of sp³-hybridized carbons (Fsp3) is 0.211. The van der Waals surface area contributed by atoms with E-state index in [1.165, 1.54) is 0 Å². The summed E-state index contributed by atoms with van der Waals surface area (Å²) in [4.78, 5) is 7.22. The summed E-state index contributed by atoms with van der Waals surface area (Å²) in [6.07, 6.45) is 8.16. The van der Waals surface area contributed by atoms with Gasteiger partial charge in [-0.25, -0.2) is 4.98 Å². The molecule has 1 aromatic carbocycles. The van der Waals surface area contributed by atoms with Crippen molar-refractivity contribution in [1.29, 1.82) is 0 Å². The quantitative estimate of drug-likeness (QED) is 0.520. The monoisotopic (exact) mass is 336 g/mol. The summed E-state index contributed by atoms with van der Waals surface area (Å²) in [6.45, 7) is 3.23. The van der Waals surface area contributed by atoms with E-state index < -0.39 is 0 Å². The van der Waals surface area contributed by atoms with Gasteiger partial charge in [0.05, 0.1) is 12.0 Å². The highest BCUT2D eigenvalue weighted by atomic mass is 16.3. The highest BCUT2D eigenvalue weighted by molar-refractivity contribution is 5.85. The van der Waals surface area contributed by atoms with E-state index in [0.29, 0.717) is 12.1 Å². The first-order valence-electron chi connectivity index (χ1n) is 8.29. The van der Waals surface area contributed by atoms with Gasteiger partial charge in [0.15, 0.2) is 5.75 Å². The Balaban J connectivity index is 1.69. The van der Waals surface area contributed by atoms with Crippen LogP contribution in [0.15, 0.2) is 49.2 Å². The number of benzene rings is 1. The minimum atomic E-state index is -0.0766. The van der Waals surface area contributed by atoms with Crippen LogP contribution in [0.4, 0.5) is 0 Å². The number of imidazole rings is 1.